The first-order valence-electron chi connectivity index (χ1n) is 8.65. The average molecular weight is 367 g/mol. The van der Waals surface area contributed by atoms with Crippen LogP contribution in [0.15, 0.2) is 65.3 Å². The van der Waals surface area contributed by atoms with E-state index in [0.29, 0.717) is 12.3 Å². The number of esters is 1. The number of carbonyl (C=O) groups excluding carboxylic acids is 2. The summed E-state index contributed by atoms with van der Waals surface area (Å²) in [5.41, 5.74) is 0.971. The number of nitrogens with zero attached hydrogens (tertiary/aromatic N) is 2. The molecule has 7 nitrogen and oxygen atoms in total. The Morgan fingerprint density at radius 3 is 2.63 bits per heavy atom. The quantitative estimate of drug-likeness (QED) is 0.649. The van der Waals surface area contributed by atoms with Gasteiger partial charge in [0.2, 0.25) is 5.76 Å². The van der Waals surface area contributed by atoms with Gasteiger partial charge in [0.25, 0.3) is 5.91 Å². The molecular weight excluding hydrogens is 346 g/mol. The highest BCUT2D eigenvalue weighted by Crippen LogP contribution is 2.14. The predicted octanol–water partition coefficient (Wildman–Crippen LogP) is 2.95. The number of furan rings is 1. The first kappa shape index (κ1) is 18.4. The monoisotopic (exact) mass is 367 g/mol. The molecule has 140 valence electrons. The van der Waals surface area contributed by atoms with Crippen LogP contribution < -0.4 is 5.32 Å². The summed E-state index contributed by atoms with van der Waals surface area (Å²) in [5, 5.41) is 6.91. The highest BCUT2D eigenvalue weighted by atomic mass is 16.6. The zero-order valence-electron chi connectivity index (χ0n) is 15.2. The van der Waals surface area contributed by atoms with Crippen molar-refractivity contribution in [2.24, 2.45) is 0 Å². The van der Waals surface area contributed by atoms with Crippen LogP contribution in [0.5, 0.6) is 0 Å². The Labute approximate surface area is 156 Å². The molecule has 0 radical (unpaired) electrons. The lowest BCUT2D eigenvalue weighted by atomic mass is 10.1. The van der Waals surface area contributed by atoms with Gasteiger partial charge >= 0.3 is 5.97 Å². The van der Waals surface area contributed by atoms with Crippen LogP contribution in [0.4, 0.5) is 0 Å². The van der Waals surface area contributed by atoms with E-state index in [1.54, 1.807) is 29.2 Å². The number of ether oxygens (including phenoxy) is 1. The lowest BCUT2D eigenvalue weighted by Gasteiger charge is -2.18. The molecule has 0 saturated heterocycles. The lowest BCUT2D eigenvalue weighted by molar-refractivity contribution is -0.129. The second kappa shape index (κ2) is 8.35. The molecule has 0 aliphatic carbocycles. The van der Waals surface area contributed by atoms with Gasteiger partial charge in [-0.05, 0) is 37.6 Å². The zero-order chi connectivity index (χ0) is 19.2. The van der Waals surface area contributed by atoms with Crippen LogP contribution in [0.1, 0.15) is 41.8 Å². The molecule has 3 rings (SSSR count). The summed E-state index contributed by atoms with van der Waals surface area (Å²) in [6.07, 6.45) is 2.51. The molecule has 0 aliphatic rings. The van der Waals surface area contributed by atoms with E-state index in [0.717, 1.165) is 5.56 Å². The van der Waals surface area contributed by atoms with E-state index < -0.39 is 12.1 Å². The van der Waals surface area contributed by atoms with Crippen molar-refractivity contribution < 1.29 is 18.7 Å². The van der Waals surface area contributed by atoms with E-state index in [1.165, 1.54) is 13.0 Å². The topological polar surface area (TPSA) is 86.4 Å². The summed E-state index contributed by atoms with van der Waals surface area (Å²) in [6.45, 7) is 3.80. The maximum atomic E-state index is 12.3. The summed E-state index contributed by atoms with van der Waals surface area (Å²) >= 11 is 0. The van der Waals surface area contributed by atoms with E-state index in [4.69, 9.17) is 9.15 Å². The molecule has 0 spiro atoms. The molecule has 1 aromatic carbocycles. The number of aromatic nitrogens is 2. The predicted molar refractivity (Wildman–Crippen MR) is 97.9 cm³/mol. The van der Waals surface area contributed by atoms with Crippen LogP contribution in [0.25, 0.3) is 0 Å². The summed E-state index contributed by atoms with van der Waals surface area (Å²) < 4.78 is 12.4. The fourth-order valence-electron chi connectivity index (χ4n) is 2.55. The highest BCUT2D eigenvalue weighted by molar-refractivity contribution is 5.90. The standard InChI is InChI=1S/C20H21N3O4/c1-14(16-7-4-3-5-8-16)22-19(24)15(2)26-20(25)18-10-9-17(27-18)13-23-12-6-11-21-23/h3-12,14-15H,13H2,1-2H3,(H,22,24). The fraction of sp³-hybridized carbons (Fsp3) is 0.250. The van der Waals surface area contributed by atoms with Crippen molar-refractivity contribution in [1.82, 2.24) is 15.1 Å². The van der Waals surface area contributed by atoms with Crippen LogP contribution in [-0.4, -0.2) is 27.8 Å². The maximum absolute atomic E-state index is 12.3. The number of rotatable bonds is 7. The smallest absolute Gasteiger partial charge is 0.375 e. The highest BCUT2D eigenvalue weighted by Gasteiger charge is 2.22. The van der Waals surface area contributed by atoms with Gasteiger partial charge in [0.1, 0.15) is 5.76 Å². The molecule has 7 heteroatoms. The average Bonchev–Trinajstić information content (AvgIpc) is 3.35. The molecule has 0 saturated carbocycles. The number of hydrogen-bond acceptors (Lipinski definition) is 5. The van der Waals surface area contributed by atoms with Crippen molar-refractivity contribution in [3.8, 4) is 0 Å². The molecule has 2 unspecified atom stereocenters. The Morgan fingerprint density at radius 2 is 1.93 bits per heavy atom. The lowest BCUT2D eigenvalue weighted by Crippen LogP contribution is -2.37. The van der Waals surface area contributed by atoms with Crippen LogP contribution in [0.2, 0.25) is 0 Å². The summed E-state index contributed by atoms with van der Waals surface area (Å²) in [4.78, 5) is 24.5. The van der Waals surface area contributed by atoms with Crippen molar-refractivity contribution >= 4 is 11.9 Å². The third-order valence-corrected chi connectivity index (χ3v) is 4.05. The molecule has 0 fully saturated rings. The molecule has 0 bridgehead atoms. The van der Waals surface area contributed by atoms with Gasteiger partial charge in [0.15, 0.2) is 6.10 Å². The third-order valence-electron chi connectivity index (χ3n) is 4.05. The molecule has 3 aromatic rings. The molecule has 27 heavy (non-hydrogen) atoms. The van der Waals surface area contributed by atoms with Crippen LogP contribution in [0.3, 0.4) is 0 Å². The number of benzene rings is 1. The van der Waals surface area contributed by atoms with Gasteiger partial charge in [-0.2, -0.15) is 5.10 Å². The fourth-order valence-corrected chi connectivity index (χ4v) is 2.55. The first-order valence-corrected chi connectivity index (χ1v) is 8.65. The summed E-state index contributed by atoms with van der Waals surface area (Å²) in [5.74, 6) is -0.437. The van der Waals surface area contributed by atoms with Crippen LogP contribution in [-0.2, 0) is 16.1 Å². The van der Waals surface area contributed by atoms with Crippen molar-refractivity contribution in [2.45, 2.75) is 32.5 Å². The first-order chi connectivity index (χ1) is 13.0. The minimum atomic E-state index is -0.941. The summed E-state index contributed by atoms with van der Waals surface area (Å²) in [7, 11) is 0. The molecule has 2 aromatic heterocycles. The van der Waals surface area contributed by atoms with Gasteiger partial charge in [-0.15, -0.1) is 0 Å². The second-order valence-corrected chi connectivity index (χ2v) is 6.16. The SMILES string of the molecule is CC(OC(=O)c1ccc(Cn2cccn2)o1)C(=O)NC(C)c1ccccc1. The largest absolute Gasteiger partial charge is 0.452 e. The Morgan fingerprint density at radius 1 is 1.15 bits per heavy atom. The van der Waals surface area contributed by atoms with Gasteiger partial charge in [-0.1, -0.05) is 30.3 Å². The Kier molecular flexibility index (Phi) is 5.71. The molecular formula is C20H21N3O4. The number of nitrogens with one attached hydrogen (secondary N) is 1. The van der Waals surface area contributed by atoms with Gasteiger partial charge in [0, 0.05) is 12.4 Å². The van der Waals surface area contributed by atoms with Crippen molar-refractivity contribution in [3.05, 3.63) is 78.0 Å². The normalized spacial score (nSPS) is 13.0. The number of hydrogen-bond donors (Lipinski definition) is 1. The maximum Gasteiger partial charge on any atom is 0.375 e. The molecule has 2 atom stereocenters. The van der Waals surface area contributed by atoms with Crippen molar-refractivity contribution in [1.29, 1.82) is 0 Å². The van der Waals surface area contributed by atoms with E-state index in [9.17, 15) is 9.59 Å². The molecule has 2 heterocycles. The van der Waals surface area contributed by atoms with E-state index in [-0.39, 0.29) is 17.7 Å². The Bertz CT molecular complexity index is 887. The third kappa shape index (κ3) is 4.84. The zero-order valence-corrected chi connectivity index (χ0v) is 15.2. The van der Waals surface area contributed by atoms with E-state index in [1.807, 2.05) is 37.3 Å². The van der Waals surface area contributed by atoms with Crippen LogP contribution in [0, 0.1) is 0 Å². The van der Waals surface area contributed by atoms with Crippen LogP contribution >= 0.6 is 0 Å². The minimum absolute atomic E-state index is 0.0490. The second-order valence-electron chi connectivity index (χ2n) is 6.16. The van der Waals surface area contributed by atoms with Crippen molar-refractivity contribution in [3.63, 3.8) is 0 Å². The Hall–Kier alpha value is -3.35. The number of amides is 1. The van der Waals surface area contributed by atoms with Gasteiger partial charge in [-0.3, -0.25) is 9.48 Å². The molecule has 1 N–H and O–H groups in total. The van der Waals surface area contributed by atoms with Gasteiger partial charge in [0.05, 0.1) is 12.6 Å². The van der Waals surface area contributed by atoms with E-state index in [2.05, 4.69) is 10.4 Å². The van der Waals surface area contributed by atoms with Gasteiger partial charge in [-0.25, -0.2) is 4.79 Å². The summed E-state index contributed by atoms with van der Waals surface area (Å²) in [6, 6.07) is 14.4. The van der Waals surface area contributed by atoms with Crippen molar-refractivity contribution in [2.75, 3.05) is 0 Å². The Balaban J connectivity index is 1.54. The molecule has 1 amide bonds. The molecule has 0 aliphatic heterocycles. The number of carbonyl (C=O) groups is 2. The minimum Gasteiger partial charge on any atom is -0.452 e. The van der Waals surface area contributed by atoms with E-state index >= 15 is 0 Å². The van der Waals surface area contributed by atoms with Gasteiger partial charge < -0.3 is 14.5 Å².